The van der Waals surface area contributed by atoms with Gasteiger partial charge in [0, 0.05) is 22.6 Å². The van der Waals surface area contributed by atoms with E-state index in [0.29, 0.717) is 25.9 Å². The Labute approximate surface area is 121 Å². The fraction of sp³-hybridized carbons (Fsp3) is 0.385. The molecule has 0 atom stereocenters. The van der Waals surface area contributed by atoms with Crippen molar-refractivity contribution >= 4 is 32.8 Å². The zero-order valence-corrected chi connectivity index (χ0v) is 12.7. The van der Waals surface area contributed by atoms with E-state index in [9.17, 15) is 8.42 Å². The fourth-order valence-corrected chi connectivity index (χ4v) is 5.90. The molecule has 0 aromatic carbocycles. The summed E-state index contributed by atoms with van der Waals surface area (Å²) in [5, 5.41) is 3.97. The zero-order chi connectivity index (χ0) is 13.3. The van der Waals surface area contributed by atoms with Crippen LogP contribution in [0.15, 0.2) is 35.0 Å². The van der Waals surface area contributed by atoms with Crippen LogP contribution in [0.1, 0.15) is 16.2 Å². The van der Waals surface area contributed by atoms with E-state index in [1.54, 1.807) is 22.7 Å². The van der Waals surface area contributed by atoms with Crippen molar-refractivity contribution < 1.29 is 12.6 Å². The molecule has 0 radical (unpaired) electrons. The van der Waals surface area contributed by atoms with Gasteiger partial charge in [-0.2, -0.15) is 8.42 Å². The maximum absolute atomic E-state index is 12.3. The monoisotopic (exact) mass is 314 g/mol. The van der Waals surface area contributed by atoms with Gasteiger partial charge in [-0.15, -0.1) is 22.7 Å². The third-order valence-electron chi connectivity index (χ3n) is 3.48. The Balaban J connectivity index is 1.96. The molecule has 3 heterocycles. The lowest BCUT2D eigenvalue weighted by Crippen LogP contribution is -2.38. The second kappa shape index (κ2) is 5.01. The highest BCUT2D eigenvalue weighted by Crippen LogP contribution is 2.38. The zero-order valence-electron chi connectivity index (χ0n) is 10.2. The molecule has 0 unspecified atom stereocenters. The van der Waals surface area contributed by atoms with Crippen molar-refractivity contribution in [1.29, 1.82) is 0 Å². The highest BCUT2D eigenvalue weighted by Gasteiger charge is 2.49. The van der Waals surface area contributed by atoms with Gasteiger partial charge in [-0.1, -0.05) is 12.1 Å². The van der Waals surface area contributed by atoms with Gasteiger partial charge in [0.15, 0.2) is 0 Å². The molecule has 102 valence electrons. The second-order valence-corrected chi connectivity index (χ2v) is 8.80. The van der Waals surface area contributed by atoms with Crippen LogP contribution in [0.5, 0.6) is 0 Å². The number of hydrogen-bond donors (Lipinski definition) is 0. The van der Waals surface area contributed by atoms with E-state index in [1.807, 2.05) is 35.0 Å². The van der Waals surface area contributed by atoms with Crippen LogP contribution in [0.3, 0.4) is 0 Å². The largest absolute Gasteiger partial charge is 0.273 e. The molecule has 19 heavy (non-hydrogen) atoms. The van der Waals surface area contributed by atoms with Crippen LogP contribution in [-0.2, 0) is 27.1 Å². The number of hydrogen-bond acceptors (Lipinski definition) is 5. The first kappa shape index (κ1) is 13.3. The Morgan fingerprint density at radius 3 is 2.05 bits per heavy atom. The molecule has 3 nitrogen and oxygen atoms in total. The van der Waals surface area contributed by atoms with Gasteiger partial charge >= 0.3 is 0 Å². The molecule has 0 N–H and O–H groups in total. The minimum Gasteiger partial charge on any atom is -0.270 e. The minimum atomic E-state index is -3.49. The van der Waals surface area contributed by atoms with E-state index < -0.39 is 14.9 Å². The molecule has 0 spiro atoms. The van der Waals surface area contributed by atoms with Crippen molar-refractivity contribution in [3.8, 4) is 0 Å². The molecule has 1 saturated heterocycles. The topological polar surface area (TPSA) is 43.4 Å². The highest BCUT2D eigenvalue weighted by molar-refractivity contribution is 7.88. The third kappa shape index (κ3) is 2.50. The Kier molecular flexibility index (Phi) is 3.51. The normalized spacial score (nSPS) is 20.6. The van der Waals surface area contributed by atoms with Crippen LogP contribution in [0.25, 0.3) is 0 Å². The summed E-state index contributed by atoms with van der Waals surface area (Å²) in [5.41, 5.74) is 0. The van der Waals surface area contributed by atoms with Gasteiger partial charge in [-0.05, 0) is 29.3 Å². The van der Waals surface area contributed by atoms with Crippen molar-refractivity contribution in [3.05, 3.63) is 44.8 Å². The van der Waals surface area contributed by atoms with Gasteiger partial charge in [0.2, 0.25) is 0 Å². The minimum absolute atomic E-state index is 0.305. The fourth-order valence-electron chi connectivity index (χ4n) is 2.46. The van der Waals surface area contributed by atoms with Gasteiger partial charge in [-0.25, -0.2) is 0 Å². The predicted octanol–water partition coefficient (Wildman–Crippen LogP) is 3.08. The molecular formula is C13H14O3S3. The molecule has 3 rings (SSSR count). The van der Waals surface area contributed by atoms with Crippen molar-refractivity contribution in [2.24, 2.45) is 0 Å². The van der Waals surface area contributed by atoms with E-state index in [-0.39, 0.29) is 0 Å². The molecule has 1 aliphatic rings. The summed E-state index contributed by atoms with van der Waals surface area (Å²) in [7, 11) is -3.49. The summed E-state index contributed by atoms with van der Waals surface area (Å²) < 4.78 is 28.9. The Morgan fingerprint density at radius 1 is 1.11 bits per heavy atom. The third-order valence-corrected chi connectivity index (χ3v) is 7.26. The van der Waals surface area contributed by atoms with Gasteiger partial charge in [0.1, 0.15) is 4.75 Å². The molecule has 2 aromatic rings. The molecule has 0 bridgehead atoms. The Morgan fingerprint density at radius 2 is 1.68 bits per heavy atom. The standard InChI is InChI=1S/C13H14O3S3/c14-19(15)13(5-6-16-19,9-11-3-1-7-17-11)10-12-4-2-8-18-12/h1-4,7-8H,5-6,9-10H2. The van der Waals surface area contributed by atoms with E-state index >= 15 is 0 Å². The van der Waals surface area contributed by atoms with E-state index in [1.165, 1.54) is 0 Å². The Bertz CT molecular complexity index is 590. The van der Waals surface area contributed by atoms with E-state index in [0.717, 1.165) is 9.75 Å². The number of thiophene rings is 2. The SMILES string of the molecule is O=S1(=O)OCCC1(Cc1cccs1)Cc1cccs1. The van der Waals surface area contributed by atoms with Crippen molar-refractivity contribution in [3.63, 3.8) is 0 Å². The summed E-state index contributed by atoms with van der Waals surface area (Å²) >= 11 is 3.21. The van der Waals surface area contributed by atoms with Crippen LogP contribution < -0.4 is 0 Å². The molecule has 6 heteroatoms. The highest BCUT2D eigenvalue weighted by atomic mass is 32.2. The average molecular weight is 314 g/mol. The first-order valence-corrected chi connectivity index (χ1v) is 9.22. The summed E-state index contributed by atoms with van der Waals surface area (Å²) in [4.78, 5) is 2.20. The summed E-state index contributed by atoms with van der Waals surface area (Å²) in [6.07, 6.45) is 1.67. The van der Waals surface area contributed by atoms with Gasteiger partial charge in [0.25, 0.3) is 10.1 Å². The maximum atomic E-state index is 12.3. The number of rotatable bonds is 4. The molecule has 0 aliphatic carbocycles. The predicted molar refractivity (Wildman–Crippen MR) is 78.3 cm³/mol. The van der Waals surface area contributed by atoms with E-state index in [4.69, 9.17) is 4.18 Å². The van der Waals surface area contributed by atoms with Crippen molar-refractivity contribution in [2.45, 2.75) is 24.0 Å². The molecule has 0 amide bonds. The van der Waals surface area contributed by atoms with Gasteiger partial charge in [-0.3, -0.25) is 4.18 Å². The first-order chi connectivity index (χ1) is 9.11. The molecule has 1 aliphatic heterocycles. The lowest BCUT2D eigenvalue weighted by molar-refractivity contribution is 0.354. The quantitative estimate of drug-likeness (QED) is 0.815. The molecular weight excluding hydrogens is 300 g/mol. The van der Waals surface area contributed by atoms with Gasteiger partial charge < -0.3 is 0 Å². The van der Waals surface area contributed by atoms with Crippen molar-refractivity contribution in [2.75, 3.05) is 6.61 Å². The molecule has 1 fully saturated rings. The van der Waals surface area contributed by atoms with Crippen LogP contribution in [-0.4, -0.2) is 19.8 Å². The average Bonchev–Trinajstić information content (AvgIpc) is 3.05. The Hall–Kier alpha value is -0.690. The van der Waals surface area contributed by atoms with Crippen LogP contribution in [0.2, 0.25) is 0 Å². The van der Waals surface area contributed by atoms with Crippen LogP contribution in [0, 0.1) is 0 Å². The smallest absolute Gasteiger partial charge is 0.270 e. The lowest BCUT2D eigenvalue weighted by Gasteiger charge is -2.24. The molecule has 2 aromatic heterocycles. The lowest BCUT2D eigenvalue weighted by atomic mass is 9.95. The van der Waals surface area contributed by atoms with Crippen molar-refractivity contribution in [1.82, 2.24) is 0 Å². The second-order valence-electron chi connectivity index (χ2n) is 4.72. The summed E-state index contributed by atoms with van der Waals surface area (Å²) in [5.74, 6) is 0. The maximum Gasteiger partial charge on any atom is 0.273 e. The van der Waals surface area contributed by atoms with Gasteiger partial charge in [0.05, 0.1) is 6.61 Å². The first-order valence-electron chi connectivity index (χ1n) is 6.05. The van der Waals surface area contributed by atoms with Crippen LogP contribution in [0.4, 0.5) is 0 Å². The molecule has 0 saturated carbocycles. The summed E-state index contributed by atoms with van der Waals surface area (Å²) in [6.45, 7) is 0.305. The van der Waals surface area contributed by atoms with Crippen LogP contribution >= 0.6 is 22.7 Å². The van der Waals surface area contributed by atoms with E-state index in [2.05, 4.69) is 0 Å². The summed E-state index contributed by atoms with van der Waals surface area (Å²) in [6, 6.07) is 7.91.